The van der Waals surface area contributed by atoms with E-state index < -0.39 is 5.97 Å². The SMILES string of the molecule is NCc1ccccc1.O=C(O)c1nc2c(Cl)cccc2s1. The van der Waals surface area contributed by atoms with Crippen molar-refractivity contribution < 1.29 is 9.90 Å². The summed E-state index contributed by atoms with van der Waals surface area (Å²) in [5.74, 6) is -1.02. The third kappa shape index (κ3) is 4.01. The molecule has 0 aliphatic heterocycles. The smallest absolute Gasteiger partial charge is 0.365 e. The molecule has 4 nitrogen and oxygen atoms in total. The molecule has 0 aliphatic rings. The second-order valence-corrected chi connectivity index (χ2v) is 5.54. The van der Waals surface area contributed by atoms with E-state index in [0.717, 1.165) is 16.0 Å². The number of nitrogens with two attached hydrogens (primary N) is 1. The van der Waals surface area contributed by atoms with Crippen LogP contribution in [0.3, 0.4) is 0 Å². The number of fused-ring (bicyclic) bond motifs is 1. The van der Waals surface area contributed by atoms with Crippen molar-refractivity contribution in [3.05, 3.63) is 64.1 Å². The van der Waals surface area contributed by atoms with Crippen molar-refractivity contribution in [2.75, 3.05) is 0 Å². The van der Waals surface area contributed by atoms with Crippen molar-refractivity contribution in [1.82, 2.24) is 4.98 Å². The van der Waals surface area contributed by atoms with Gasteiger partial charge < -0.3 is 10.8 Å². The van der Waals surface area contributed by atoms with Crippen molar-refractivity contribution in [2.45, 2.75) is 6.54 Å². The first kappa shape index (κ1) is 15.4. The predicted octanol–water partition coefficient (Wildman–Crippen LogP) is 3.79. The Morgan fingerprint density at radius 3 is 2.43 bits per heavy atom. The molecule has 3 N–H and O–H groups in total. The summed E-state index contributed by atoms with van der Waals surface area (Å²) in [7, 11) is 0. The number of hydrogen-bond donors (Lipinski definition) is 2. The average Bonchev–Trinajstić information content (AvgIpc) is 2.95. The van der Waals surface area contributed by atoms with Crippen LogP contribution in [0.2, 0.25) is 5.02 Å². The first-order chi connectivity index (χ1) is 10.1. The second kappa shape index (κ2) is 7.17. The van der Waals surface area contributed by atoms with Crippen LogP contribution in [0.1, 0.15) is 15.4 Å². The number of hydrogen-bond acceptors (Lipinski definition) is 4. The molecule has 0 aliphatic carbocycles. The van der Waals surface area contributed by atoms with Crippen molar-refractivity contribution in [3.8, 4) is 0 Å². The number of para-hydroxylation sites is 1. The quantitative estimate of drug-likeness (QED) is 0.753. The van der Waals surface area contributed by atoms with Gasteiger partial charge in [-0.3, -0.25) is 0 Å². The molecule has 2 aromatic carbocycles. The Labute approximate surface area is 130 Å². The Morgan fingerprint density at radius 1 is 1.19 bits per heavy atom. The molecule has 0 unspecified atom stereocenters. The third-order valence-corrected chi connectivity index (χ3v) is 3.94. The van der Waals surface area contributed by atoms with Crippen LogP contribution in [0.15, 0.2) is 48.5 Å². The molecule has 108 valence electrons. The summed E-state index contributed by atoms with van der Waals surface area (Å²) >= 11 is 6.95. The highest BCUT2D eigenvalue weighted by Crippen LogP contribution is 2.27. The predicted molar refractivity (Wildman–Crippen MR) is 85.9 cm³/mol. The first-order valence-electron chi connectivity index (χ1n) is 6.14. The first-order valence-corrected chi connectivity index (χ1v) is 7.33. The summed E-state index contributed by atoms with van der Waals surface area (Å²) in [4.78, 5) is 14.5. The number of halogens is 1. The Morgan fingerprint density at radius 2 is 1.90 bits per heavy atom. The van der Waals surface area contributed by atoms with Crippen LogP contribution in [-0.4, -0.2) is 16.1 Å². The van der Waals surface area contributed by atoms with Gasteiger partial charge in [0.2, 0.25) is 5.01 Å². The molecular weight excluding hydrogens is 308 g/mol. The lowest BCUT2D eigenvalue weighted by Gasteiger charge is -1.90. The molecule has 0 amide bonds. The van der Waals surface area contributed by atoms with Gasteiger partial charge in [-0.25, -0.2) is 9.78 Å². The number of carboxylic acids is 1. The van der Waals surface area contributed by atoms with Gasteiger partial charge in [-0.2, -0.15) is 0 Å². The van der Waals surface area contributed by atoms with E-state index in [4.69, 9.17) is 22.4 Å². The van der Waals surface area contributed by atoms with E-state index in [1.807, 2.05) is 30.3 Å². The van der Waals surface area contributed by atoms with Crippen LogP contribution >= 0.6 is 22.9 Å². The van der Waals surface area contributed by atoms with Crippen LogP contribution < -0.4 is 5.73 Å². The Hall–Kier alpha value is -1.95. The molecule has 0 radical (unpaired) electrons. The molecule has 3 aromatic rings. The number of aromatic carboxylic acids is 1. The van der Waals surface area contributed by atoms with Gasteiger partial charge in [0.15, 0.2) is 0 Å². The number of carboxylic acid groups (broad SMARTS) is 1. The molecule has 0 saturated carbocycles. The monoisotopic (exact) mass is 320 g/mol. The molecule has 0 bridgehead atoms. The zero-order valence-corrected chi connectivity index (χ0v) is 12.6. The number of rotatable bonds is 2. The van der Waals surface area contributed by atoms with Crippen LogP contribution in [0.4, 0.5) is 0 Å². The van der Waals surface area contributed by atoms with Gasteiger partial charge in [0.1, 0.15) is 5.52 Å². The number of thiazole rings is 1. The maximum absolute atomic E-state index is 10.6. The standard InChI is InChI=1S/C8H4ClNO2S.C7H9N/c9-4-2-1-3-5-6(4)10-7(13-5)8(11)12;8-6-7-4-2-1-3-5-7/h1-3H,(H,11,12);1-5H,6,8H2. The number of aromatic nitrogens is 1. The lowest BCUT2D eigenvalue weighted by atomic mass is 10.2. The van der Waals surface area contributed by atoms with Crippen molar-refractivity contribution in [2.24, 2.45) is 5.73 Å². The van der Waals surface area contributed by atoms with Crippen molar-refractivity contribution in [1.29, 1.82) is 0 Å². The zero-order chi connectivity index (χ0) is 15.2. The fourth-order valence-corrected chi connectivity index (χ4v) is 2.72. The van der Waals surface area contributed by atoms with Gasteiger partial charge in [0.25, 0.3) is 0 Å². The lowest BCUT2D eigenvalue weighted by Crippen LogP contribution is -1.94. The molecular formula is C15H13ClN2O2S. The van der Waals surface area contributed by atoms with Gasteiger partial charge in [-0.15, -0.1) is 11.3 Å². The van der Waals surface area contributed by atoms with Crippen LogP contribution in [0.5, 0.6) is 0 Å². The van der Waals surface area contributed by atoms with E-state index in [2.05, 4.69) is 4.98 Å². The van der Waals surface area contributed by atoms with Crippen molar-refractivity contribution >= 4 is 39.1 Å². The lowest BCUT2D eigenvalue weighted by molar-refractivity contribution is 0.0696. The molecule has 21 heavy (non-hydrogen) atoms. The van der Waals surface area contributed by atoms with Crippen LogP contribution in [0.25, 0.3) is 10.2 Å². The molecule has 6 heteroatoms. The summed E-state index contributed by atoms with van der Waals surface area (Å²) in [6, 6.07) is 15.2. The van der Waals surface area contributed by atoms with Gasteiger partial charge in [-0.1, -0.05) is 48.0 Å². The maximum Gasteiger partial charge on any atom is 0.365 e. The topological polar surface area (TPSA) is 76.2 Å². The molecule has 3 rings (SSSR count). The highest BCUT2D eigenvalue weighted by atomic mass is 35.5. The number of nitrogens with zero attached hydrogens (tertiary/aromatic N) is 1. The normalized spacial score (nSPS) is 10.0. The van der Waals surface area contributed by atoms with E-state index in [-0.39, 0.29) is 5.01 Å². The van der Waals surface area contributed by atoms with E-state index in [9.17, 15) is 4.79 Å². The summed E-state index contributed by atoms with van der Waals surface area (Å²) < 4.78 is 0.796. The van der Waals surface area contributed by atoms with Gasteiger partial charge in [-0.05, 0) is 17.7 Å². The van der Waals surface area contributed by atoms with Gasteiger partial charge in [0, 0.05) is 6.54 Å². The number of benzene rings is 2. The third-order valence-electron chi connectivity index (χ3n) is 2.63. The highest BCUT2D eigenvalue weighted by Gasteiger charge is 2.11. The molecule has 0 fully saturated rings. The Bertz CT molecular complexity index is 744. The summed E-state index contributed by atoms with van der Waals surface area (Å²) in [6.07, 6.45) is 0. The van der Waals surface area contributed by atoms with Crippen molar-refractivity contribution in [3.63, 3.8) is 0 Å². The minimum Gasteiger partial charge on any atom is -0.476 e. The molecule has 1 aromatic heterocycles. The summed E-state index contributed by atoms with van der Waals surface area (Å²) in [5.41, 5.74) is 7.10. The molecule has 0 atom stereocenters. The second-order valence-electron chi connectivity index (χ2n) is 4.10. The van der Waals surface area contributed by atoms with E-state index in [0.29, 0.717) is 17.1 Å². The van der Waals surface area contributed by atoms with Crippen LogP contribution in [-0.2, 0) is 6.54 Å². The fraction of sp³-hybridized carbons (Fsp3) is 0.0667. The largest absolute Gasteiger partial charge is 0.476 e. The van der Waals surface area contributed by atoms with Gasteiger partial charge >= 0.3 is 5.97 Å². The minimum absolute atomic E-state index is 0.0723. The Kier molecular flexibility index (Phi) is 5.27. The average molecular weight is 321 g/mol. The summed E-state index contributed by atoms with van der Waals surface area (Å²) in [5, 5.41) is 9.24. The van der Waals surface area contributed by atoms with E-state index in [1.165, 1.54) is 5.56 Å². The fourth-order valence-electron chi connectivity index (χ4n) is 1.62. The highest BCUT2D eigenvalue weighted by molar-refractivity contribution is 7.20. The number of carbonyl (C=O) groups is 1. The zero-order valence-electron chi connectivity index (χ0n) is 11.0. The molecule has 0 spiro atoms. The maximum atomic E-state index is 10.6. The Balaban J connectivity index is 0.000000173. The van der Waals surface area contributed by atoms with Gasteiger partial charge in [0.05, 0.1) is 9.72 Å². The molecule has 0 saturated heterocycles. The van der Waals surface area contributed by atoms with E-state index >= 15 is 0 Å². The van der Waals surface area contributed by atoms with E-state index in [1.54, 1.807) is 18.2 Å². The van der Waals surface area contributed by atoms with Crippen LogP contribution in [0, 0.1) is 0 Å². The molecule has 1 heterocycles. The minimum atomic E-state index is -1.02. The summed E-state index contributed by atoms with van der Waals surface area (Å²) in [6.45, 7) is 0.640.